The number of aromatic nitrogens is 3. The zero-order chi connectivity index (χ0) is 20.6. The monoisotopic (exact) mass is 405 g/mol. The van der Waals surface area contributed by atoms with Crippen LogP contribution in [0.3, 0.4) is 0 Å². The summed E-state index contributed by atoms with van der Waals surface area (Å²) in [5, 5.41) is 4.67. The van der Waals surface area contributed by atoms with Gasteiger partial charge in [0.1, 0.15) is 0 Å². The fourth-order valence-electron chi connectivity index (χ4n) is 3.87. The van der Waals surface area contributed by atoms with Gasteiger partial charge in [0.15, 0.2) is 0 Å². The van der Waals surface area contributed by atoms with E-state index < -0.39 is 0 Å². The lowest BCUT2D eigenvalue weighted by Crippen LogP contribution is -2.41. The number of hydrogen-bond donors (Lipinski definition) is 0. The van der Waals surface area contributed by atoms with Crippen LogP contribution in [0.1, 0.15) is 22.4 Å². The second-order valence-corrected chi connectivity index (χ2v) is 7.92. The topological polar surface area (TPSA) is 46.4 Å². The zero-order valence-electron chi connectivity index (χ0n) is 17.8. The Hall–Kier alpha value is -2.54. The first kappa shape index (κ1) is 20.7. The normalized spacial score (nSPS) is 15.0. The van der Waals surface area contributed by atoms with Crippen LogP contribution in [0.25, 0.3) is 0 Å². The van der Waals surface area contributed by atoms with E-state index in [1.165, 1.54) is 22.4 Å². The van der Waals surface area contributed by atoms with Gasteiger partial charge >= 0.3 is 0 Å². The molecule has 0 N–H and O–H groups in total. The molecule has 6 nitrogen and oxygen atoms in total. The van der Waals surface area contributed by atoms with E-state index in [4.69, 9.17) is 4.74 Å². The summed E-state index contributed by atoms with van der Waals surface area (Å²) in [5.41, 5.74) is 5.04. The number of rotatable bonds is 9. The van der Waals surface area contributed by atoms with E-state index in [1.54, 1.807) is 0 Å². The first-order chi connectivity index (χ1) is 14.8. The SMILES string of the molecule is Cc1c(CN(CCN2CCOCC2)Cc2cccnc2)cnn1Cc1ccccc1. The Morgan fingerprint density at radius 2 is 1.77 bits per heavy atom. The third-order valence-electron chi connectivity index (χ3n) is 5.74. The number of morpholine rings is 1. The fraction of sp³-hybridized carbons (Fsp3) is 0.417. The van der Waals surface area contributed by atoms with E-state index in [0.29, 0.717) is 0 Å². The molecule has 0 bridgehead atoms. The third kappa shape index (κ3) is 5.75. The van der Waals surface area contributed by atoms with E-state index in [-0.39, 0.29) is 0 Å². The van der Waals surface area contributed by atoms with Gasteiger partial charge in [0.2, 0.25) is 0 Å². The summed E-state index contributed by atoms with van der Waals surface area (Å²) in [7, 11) is 0. The Bertz CT molecular complexity index is 890. The van der Waals surface area contributed by atoms with Crippen molar-refractivity contribution < 1.29 is 4.74 Å². The molecule has 3 aromatic rings. The summed E-state index contributed by atoms with van der Waals surface area (Å²) in [6.07, 6.45) is 5.83. The highest BCUT2D eigenvalue weighted by atomic mass is 16.5. The van der Waals surface area contributed by atoms with Crippen LogP contribution >= 0.6 is 0 Å². The molecule has 1 fully saturated rings. The summed E-state index contributed by atoms with van der Waals surface area (Å²) in [6, 6.07) is 14.7. The van der Waals surface area contributed by atoms with Crippen LogP contribution in [0.15, 0.2) is 61.1 Å². The van der Waals surface area contributed by atoms with Gasteiger partial charge in [-0.1, -0.05) is 36.4 Å². The van der Waals surface area contributed by atoms with Crippen molar-refractivity contribution in [3.8, 4) is 0 Å². The van der Waals surface area contributed by atoms with Crippen molar-refractivity contribution >= 4 is 0 Å². The minimum atomic E-state index is 0.809. The molecule has 0 aliphatic carbocycles. The predicted molar refractivity (Wildman–Crippen MR) is 118 cm³/mol. The number of ether oxygens (including phenoxy) is 1. The molecule has 1 saturated heterocycles. The molecule has 30 heavy (non-hydrogen) atoms. The maximum Gasteiger partial charge on any atom is 0.0662 e. The molecule has 0 unspecified atom stereocenters. The second-order valence-electron chi connectivity index (χ2n) is 7.92. The van der Waals surface area contributed by atoms with Gasteiger partial charge in [0.05, 0.1) is 26.0 Å². The molecule has 4 rings (SSSR count). The Morgan fingerprint density at radius 3 is 2.53 bits per heavy atom. The summed E-state index contributed by atoms with van der Waals surface area (Å²) < 4.78 is 7.60. The molecule has 0 radical (unpaired) electrons. The van der Waals surface area contributed by atoms with Crippen LogP contribution < -0.4 is 0 Å². The van der Waals surface area contributed by atoms with Crippen LogP contribution in [-0.4, -0.2) is 64.0 Å². The largest absolute Gasteiger partial charge is 0.379 e. The van der Waals surface area contributed by atoms with E-state index in [9.17, 15) is 0 Å². The molecular weight excluding hydrogens is 374 g/mol. The van der Waals surface area contributed by atoms with Gasteiger partial charge in [-0.25, -0.2) is 0 Å². The molecule has 1 aliphatic heterocycles. The van der Waals surface area contributed by atoms with E-state index in [2.05, 4.69) is 67.9 Å². The predicted octanol–water partition coefficient (Wildman–Crippen LogP) is 2.97. The van der Waals surface area contributed by atoms with Crippen LogP contribution in [-0.2, 0) is 24.4 Å². The maximum atomic E-state index is 5.49. The Morgan fingerprint density at radius 1 is 0.967 bits per heavy atom. The Kier molecular flexibility index (Phi) is 7.24. The molecular formula is C24H31N5O. The highest BCUT2D eigenvalue weighted by molar-refractivity contribution is 5.20. The fourth-order valence-corrected chi connectivity index (χ4v) is 3.87. The first-order valence-electron chi connectivity index (χ1n) is 10.7. The first-order valence-corrected chi connectivity index (χ1v) is 10.7. The quantitative estimate of drug-likeness (QED) is 0.548. The number of nitrogens with zero attached hydrogens (tertiary/aromatic N) is 5. The van der Waals surface area contributed by atoms with Crippen molar-refractivity contribution in [1.29, 1.82) is 0 Å². The smallest absolute Gasteiger partial charge is 0.0662 e. The highest BCUT2D eigenvalue weighted by Crippen LogP contribution is 2.15. The number of benzene rings is 1. The minimum absolute atomic E-state index is 0.809. The molecule has 0 atom stereocenters. The zero-order valence-corrected chi connectivity index (χ0v) is 17.8. The molecule has 158 valence electrons. The van der Waals surface area contributed by atoms with E-state index in [1.807, 2.05) is 24.7 Å². The maximum absolute atomic E-state index is 5.49. The molecule has 0 saturated carbocycles. The standard InChI is InChI=1S/C24H31N5O/c1-21-24(17-26-29(21)19-22-6-3-2-4-7-22)20-28(18-23-8-5-9-25-16-23)11-10-27-12-14-30-15-13-27/h2-9,16-17H,10-15,18-20H2,1H3. The number of pyridine rings is 1. The van der Waals surface area contributed by atoms with Crippen LogP contribution in [0.5, 0.6) is 0 Å². The Labute approximate surface area is 179 Å². The van der Waals surface area contributed by atoms with Crippen molar-refractivity contribution in [3.63, 3.8) is 0 Å². The average molecular weight is 406 g/mol. The molecule has 0 amide bonds. The molecule has 2 aromatic heterocycles. The van der Waals surface area contributed by atoms with Gasteiger partial charge in [-0.2, -0.15) is 5.10 Å². The average Bonchev–Trinajstić information content (AvgIpc) is 3.13. The molecule has 6 heteroatoms. The van der Waals surface area contributed by atoms with Crippen LogP contribution in [0.4, 0.5) is 0 Å². The van der Waals surface area contributed by atoms with Gasteiger partial charge in [0, 0.05) is 62.9 Å². The van der Waals surface area contributed by atoms with Crippen molar-refractivity contribution in [2.45, 2.75) is 26.6 Å². The van der Waals surface area contributed by atoms with Gasteiger partial charge < -0.3 is 4.74 Å². The van der Waals surface area contributed by atoms with Crippen molar-refractivity contribution in [2.24, 2.45) is 0 Å². The van der Waals surface area contributed by atoms with Gasteiger partial charge in [-0.05, 0) is 24.1 Å². The lowest BCUT2D eigenvalue weighted by atomic mass is 10.2. The van der Waals surface area contributed by atoms with Crippen LogP contribution in [0.2, 0.25) is 0 Å². The van der Waals surface area contributed by atoms with E-state index in [0.717, 1.165) is 59.0 Å². The van der Waals surface area contributed by atoms with E-state index >= 15 is 0 Å². The lowest BCUT2D eigenvalue weighted by molar-refractivity contribution is 0.0325. The molecule has 3 heterocycles. The summed E-state index contributed by atoms with van der Waals surface area (Å²) in [5.74, 6) is 0. The number of hydrogen-bond acceptors (Lipinski definition) is 5. The third-order valence-corrected chi connectivity index (χ3v) is 5.74. The minimum Gasteiger partial charge on any atom is -0.379 e. The Balaban J connectivity index is 1.43. The van der Waals surface area contributed by atoms with Gasteiger partial charge in [-0.3, -0.25) is 19.5 Å². The molecule has 0 spiro atoms. The van der Waals surface area contributed by atoms with Crippen LogP contribution in [0, 0.1) is 6.92 Å². The highest BCUT2D eigenvalue weighted by Gasteiger charge is 2.16. The lowest BCUT2D eigenvalue weighted by Gasteiger charge is -2.30. The summed E-state index contributed by atoms with van der Waals surface area (Å²) in [4.78, 5) is 9.29. The molecule has 1 aromatic carbocycles. The summed E-state index contributed by atoms with van der Waals surface area (Å²) >= 11 is 0. The van der Waals surface area contributed by atoms with Crippen molar-refractivity contribution in [3.05, 3.63) is 83.4 Å². The molecule has 1 aliphatic rings. The summed E-state index contributed by atoms with van der Waals surface area (Å²) in [6.45, 7) is 10.6. The van der Waals surface area contributed by atoms with Gasteiger partial charge in [-0.15, -0.1) is 0 Å². The second kappa shape index (κ2) is 10.5. The van der Waals surface area contributed by atoms with Crippen molar-refractivity contribution in [2.75, 3.05) is 39.4 Å². The van der Waals surface area contributed by atoms with Gasteiger partial charge in [0.25, 0.3) is 0 Å². The van der Waals surface area contributed by atoms with Crippen molar-refractivity contribution in [1.82, 2.24) is 24.6 Å².